The monoisotopic (exact) mass is 300 g/mol. The second-order valence-corrected chi connectivity index (χ2v) is 5.88. The fourth-order valence-corrected chi connectivity index (χ4v) is 2.76. The largest absolute Gasteiger partial charge is 0.481 e. The first kappa shape index (κ1) is 17.8. The molecule has 6 nitrogen and oxygen atoms in total. The minimum atomic E-state index is -0.843. The number of ether oxygens (including phenoxy) is 1. The van der Waals surface area contributed by atoms with Crippen molar-refractivity contribution in [1.29, 1.82) is 0 Å². The van der Waals surface area contributed by atoms with Crippen LogP contribution in [0.1, 0.15) is 59.3 Å². The fourth-order valence-electron chi connectivity index (χ4n) is 2.76. The second kappa shape index (κ2) is 8.22. The maximum Gasteiger partial charge on any atom is 0.315 e. The predicted octanol–water partition coefficient (Wildman–Crippen LogP) is 2.28. The van der Waals surface area contributed by atoms with Crippen molar-refractivity contribution in [1.82, 2.24) is 10.6 Å². The summed E-state index contributed by atoms with van der Waals surface area (Å²) in [6.07, 6.45) is 4.03. The highest BCUT2D eigenvalue weighted by Gasteiger charge is 2.35. The van der Waals surface area contributed by atoms with E-state index in [0.717, 1.165) is 25.7 Å². The van der Waals surface area contributed by atoms with E-state index in [1.165, 1.54) is 0 Å². The van der Waals surface area contributed by atoms with Gasteiger partial charge in [-0.05, 0) is 39.0 Å². The Labute approximate surface area is 126 Å². The van der Waals surface area contributed by atoms with Gasteiger partial charge in [-0.25, -0.2) is 4.79 Å². The Morgan fingerprint density at radius 2 is 2.05 bits per heavy atom. The average Bonchev–Trinajstić information content (AvgIpc) is 2.45. The molecule has 122 valence electrons. The van der Waals surface area contributed by atoms with E-state index in [0.29, 0.717) is 13.0 Å². The van der Waals surface area contributed by atoms with Gasteiger partial charge in [0.2, 0.25) is 0 Å². The van der Waals surface area contributed by atoms with Crippen molar-refractivity contribution in [3.8, 4) is 0 Å². The lowest BCUT2D eigenvalue weighted by atomic mass is 9.86. The standard InChI is InChI=1S/C15H28N2O4/c1-4-15(5-2)10-12(8-9-21-15)17-14(20)16-11(3)6-7-13(18)19/h11-12H,4-10H2,1-3H3,(H,18,19)(H2,16,17,20). The minimum absolute atomic E-state index is 0.0630. The Morgan fingerprint density at radius 3 is 2.62 bits per heavy atom. The van der Waals surface area contributed by atoms with Crippen LogP contribution in [0.25, 0.3) is 0 Å². The first-order valence-electron chi connectivity index (χ1n) is 7.83. The summed E-state index contributed by atoms with van der Waals surface area (Å²) in [5.74, 6) is -0.843. The lowest BCUT2D eigenvalue weighted by molar-refractivity contribution is -0.137. The van der Waals surface area contributed by atoms with Crippen LogP contribution in [0.15, 0.2) is 0 Å². The summed E-state index contributed by atoms with van der Waals surface area (Å²) in [5.41, 5.74) is -0.120. The molecule has 0 spiro atoms. The number of carboxylic acids is 1. The first-order valence-corrected chi connectivity index (χ1v) is 7.83. The van der Waals surface area contributed by atoms with Crippen LogP contribution in [0.5, 0.6) is 0 Å². The normalized spacial score (nSPS) is 22.3. The van der Waals surface area contributed by atoms with Gasteiger partial charge >= 0.3 is 12.0 Å². The Bertz CT molecular complexity index is 356. The lowest BCUT2D eigenvalue weighted by Crippen LogP contribution is -2.51. The molecule has 1 rings (SSSR count). The Morgan fingerprint density at radius 1 is 1.38 bits per heavy atom. The van der Waals surface area contributed by atoms with Gasteiger partial charge in [0, 0.05) is 25.1 Å². The van der Waals surface area contributed by atoms with Crippen molar-refractivity contribution in [3.63, 3.8) is 0 Å². The van der Waals surface area contributed by atoms with E-state index in [4.69, 9.17) is 9.84 Å². The molecule has 2 atom stereocenters. The zero-order chi connectivity index (χ0) is 15.9. The number of amides is 2. The number of nitrogens with one attached hydrogen (secondary N) is 2. The number of hydrogen-bond donors (Lipinski definition) is 3. The van der Waals surface area contributed by atoms with E-state index in [9.17, 15) is 9.59 Å². The average molecular weight is 300 g/mol. The predicted molar refractivity (Wildman–Crippen MR) is 80.3 cm³/mol. The Hall–Kier alpha value is -1.30. The minimum Gasteiger partial charge on any atom is -0.481 e. The second-order valence-electron chi connectivity index (χ2n) is 5.88. The maximum atomic E-state index is 11.9. The number of aliphatic carboxylic acids is 1. The summed E-state index contributed by atoms with van der Waals surface area (Å²) >= 11 is 0. The summed E-state index contributed by atoms with van der Waals surface area (Å²) in [6, 6.07) is -0.255. The highest BCUT2D eigenvalue weighted by molar-refractivity contribution is 5.74. The van der Waals surface area contributed by atoms with Crippen molar-refractivity contribution >= 4 is 12.0 Å². The summed E-state index contributed by atoms with van der Waals surface area (Å²) < 4.78 is 5.88. The molecule has 0 aromatic heterocycles. The Balaban J connectivity index is 2.38. The molecule has 0 aliphatic carbocycles. The van der Waals surface area contributed by atoms with E-state index in [2.05, 4.69) is 24.5 Å². The highest BCUT2D eigenvalue weighted by atomic mass is 16.5. The molecule has 1 saturated heterocycles. The number of urea groups is 1. The van der Waals surface area contributed by atoms with E-state index in [-0.39, 0.29) is 30.1 Å². The van der Waals surface area contributed by atoms with Gasteiger partial charge in [-0.2, -0.15) is 0 Å². The number of carbonyl (C=O) groups is 2. The molecule has 0 radical (unpaired) electrons. The molecule has 21 heavy (non-hydrogen) atoms. The molecule has 1 aliphatic rings. The number of hydrogen-bond acceptors (Lipinski definition) is 3. The molecule has 0 aromatic carbocycles. The fraction of sp³-hybridized carbons (Fsp3) is 0.867. The molecular weight excluding hydrogens is 272 g/mol. The molecule has 6 heteroatoms. The van der Waals surface area contributed by atoms with Crippen molar-refractivity contribution in [2.24, 2.45) is 0 Å². The van der Waals surface area contributed by atoms with Crippen LogP contribution in [0.2, 0.25) is 0 Å². The number of rotatable bonds is 7. The summed E-state index contributed by atoms with van der Waals surface area (Å²) in [4.78, 5) is 22.4. The molecular formula is C15H28N2O4. The van der Waals surface area contributed by atoms with Crippen LogP contribution in [0.4, 0.5) is 4.79 Å². The van der Waals surface area contributed by atoms with E-state index in [1.807, 2.05) is 6.92 Å². The van der Waals surface area contributed by atoms with Gasteiger partial charge in [0.15, 0.2) is 0 Å². The SMILES string of the molecule is CCC1(CC)CC(NC(=O)NC(C)CCC(=O)O)CCO1. The molecule has 0 aromatic rings. The number of carboxylic acid groups (broad SMARTS) is 1. The molecule has 1 heterocycles. The van der Waals surface area contributed by atoms with Gasteiger partial charge in [-0.15, -0.1) is 0 Å². The van der Waals surface area contributed by atoms with Gasteiger partial charge in [0.25, 0.3) is 0 Å². The summed E-state index contributed by atoms with van der Waals surface area (Å²) in [6.45, 7) is 6.70. The molecule has 1 aliphatic heterocycles. The quantitative estimate of drug-likeness (QED) is 0.673. The zero-order valence-electron chi connectivity index (χ0n) is 13.3. The van der Waals surface area contributed by atoms with E-state index in [1.54, 1.807) is 0 Å². The van der Waals surface area contributed by atoms with Crippen LogP contribution in [0, 0.1) is 0 Å². The smallest absolute Gasteiger partial charge is 0.315 e. The Kier molecular flexibility index (Phi) is 6.95. The zero-order valence-corrected chi connectivity index (χ0v) is 13.3. The van der Waals surface area contributed by atoms with Gasteiger partial charge in [-0.3, -0.25) is 4.79 Å². The summed E-state index contributed by atoms with van der Waals surface area (Å²) in [7, 11) is 0. The lowest BCUT2D eigenvalue weighted by Gasteiger charge is -2.40. The maximum absolute atomic E-state index is 11.9. The molecule has 0 bridgehead atoms. The van der Waals surface area contributed by atoms with Crippen LogP contribution in [-0.4, -0.2) is 41.4 Å². The van der Waals surface area contributed by atoms with Crippen LogP contribution in [0.3, 0.4) is 0 Å². The molecule has 0 saturated carbocycles. The van der Waals surface area contributed by atoms with Gasteiger partial charge in [-0.1, -0.05) is 13.8 Å². The first-order chi connectivity index (χ1) is 9.90. The molecule has 2 unspecified atom stereocenters. The van der Waals surface area contributed by atoms with Crippen molar-refractivity contribution in [2.75, 3.05) is 6.61 Å². The topological polar surface area (TPSA) is 87.7 Å². The van der Waals surface area contributed by atoms with Crippen LogP contribution in [-0.2, 0) is 9.53 Å². The molecule has 3 N–H and O–H groups in total. The van der Waals surface area contributed by atoms with Gasteiger partial charge in [0.1, 0.15) is 0 Å². The highest BCUT2D eigenvalue weighted by Crippen LogP contribution is 2.31. The van der Waals surface area contributed by atoms with Crippen molar-refractivity contribution in [2.45, 2.75) is 77.0 Å². The van der Waals surface area contributed by atoms with Crippen molar-refractivity contribution in [3.05, 3.63) is 0 Å². The third-order valence-electron chi connectivity index (χ3n) is 4.29. The van der Waals surface area contributed by atoms with Gasteiger partial charge in [0.05, 0.1) is 5.60 Å². The summed E-state index contributed by atoms with van der Waals surface area (Å²) in [5, 5.41) is 14.4. The van der Waals surface area contributed by atoms with Gasteiger partial charge < -0.3 is 20.5 Å². The van der Waals surface area contributed by atoms with Crippen LogP contribution < -0.4 is 10.6 Å². The third kappa shape index (κ3) is 5.91. The molecule has 2 amide bonds. The molecule has 1 fully saturated rings. The van der Waals surface area contributed by atoms with E-state index < -0.39 is 5.97 Å². The van der Waals surface area contributed by atoms with E-state index >= 15 is 0 Å². The number of carbonyl (C=O) groups excluding carboxylic acids is 1. The third-order valence-corrected chi connectivity index (χ3v) is 4.29. The van der Waals surface area contributed by atoms with Crippen molar-refractivity contribution < 1.29 is 19.4 Å². The van der Waals surface area contributed by atoms with Crippen LogP contribution >= 0.6 is 0 Å².